The average molecular weight is 331 g/mol. The second kappa shape index (κ2) is 8.06. The van der Waals surface area contributed by atoms with Crippen LogP contribution in [0.1, 0.15) is 33.6 Å². The number of nitrogens with one attached hydrogen (secondary N) is 1. The number of rotatable bonds is 5. The number of ether oxygens (including phenoxy) is 2. The van der Waals surface area contributed by atoms with Crippen LogP contribution in [-0.2, 0) is 9.47 Å². The van der Waals surface area contributed by atoms with Crippen molar-refractivity contribution in [3.05, 3.63) is 10.1 Å². The summed E-state index contributed by atoms with van der Waals surface area (Å²) in [7, 11) is 1.51. The molecule has 1 aliphatic rings. The molecular formula is C13H25N5O5. The van der Waals surface area contributed by atoms with Crippen molar-refractivity contribution in [1.29, 1.82) is 0 Å². The van der Waals surface area contributed by atoms with E-state index in [4.69, 9.17) is 15.2 Å². The van der Waals surface area contributed by atoms with Gasteiger partial charge in [0.25, 0.3) is 0 Å². The lowest BCUT2D eigenvalue weighted by Gasteiger charge is -2.40. The third-order valence-corrected chi connectivity index (χ3v) is 3.18. The molecule has 0 radical (unpaired) electrons. The average Bonchev–Trinajstić information content (AvgIpc) is 2.35. The third kappa shape index (κ3) is 6.78. The van der Waals surface area contributed by atoms with E-state index in [2.05, 4.69) is 10.4 Å². The summed E-state index contributed by atoms with van der Waals surface area (Å²) in [4.78, 5) is 24.1. The zero-order valence-corrected chi connectivity index (χ0v) is 13.9. The summed E-state index contributed by atoms with van der Waals surface area (Å²) in [6.45, 7) is 6.07. The SMILES string of the molecule is COC1C(NC(=O)OC(C)(C)C)CCCN1C/C(N)=N/[N+](=O)[O-]. The van der Waals surface area contributed by atoms with Gasteiger partial charge in [0.05, 0.1) is 17.7 Å². The van der Waals surface area contributed by atoms with E-state index in [1.165, 1.54) is 7.11 Å². The highest BCUT2D eigenvalue weighted by Gasteiger charge is 2.34. The van der Waals surface area contributed by atoms with Gasteiger partial charge in [-0.1, -0.05) is 0 Å². The highest BCUT2D eigenvalue weighted by molar-refractivity contribution is 5.81. The molecule has 10 nitrogen and oxygen atoms in total. The van der Waals surface area contributed by atoms with Crippen molar-refractivity contribution in [3.63, 3.8) is 0 Å². The van der Waals surface area contributed by atoms with Gasteiger partial charge in [-0.25, -0.2) is 14.9 Å². The van der Waals surface area contributed by atoms with Crippen molar-refractivity contribution in [3.8, 4) is 0 Å². The van der Waals surface area contributed by atoms with Crippen LogP contribution in [0.4, 0.5) is 4.79 Å². The molecule has 0 aliphatic carbocycles. The maximum atomic E-state index is 11.9. The van der Waals surface area contributed by atoms with Gasteiger partial charge in [-0.3, -0.25) is 4.90 Å². The number of likely N-dealkylation sites (tertiary alicyclic amines) is 1. The predicted molar refractivity (Wildman–Crippen MR) is 83.4 cm³/mol. The van der Waals surface area contributed by atoms with Crippen LogP contribution in [0.5, 0.6) is 0 Å². The minimum atomic E-state index is -0.836. The number of nitro groups is 1. The smallest absolute Gasteiger partial charge is 0.408 e. The minimum Gasteiger partial charge on any atom is -0.444 e. The Kier molecular flexibility index (Phi) is 6.70. The highest BCUT2D eigenvalue weighted by atomic mass is 16.7. The van der Waals surface area contributed by atoms with Crippen molar-refractivity contribution in [2.45, 2.75) is 51.5 Å². The van der Waals surface area contributed by atoms with Crippen molar-refractivity contribution >= 4 is 11.9 Å². The van der Waals surface area contributed by atoms with Crippen LogP contribution in [0, 0.1) is 10.1 Å². The number of carbonyl (C=O) groups excluding carboxylic acids is 1. The monoisotopic (exact) mass is 331 g/mol. The second-order valence-electron chi connectivity index (χ2n) is 6.32. The zero-order valence-electron chi connectivity index (χ0n) is 13.9. The minimum absolute atomic E-state index is 0.0893. The molecule has 1 aliphatic heterocycles. The van der Waals surface area contributed by atoms with Gasteiger partial charge in [0, 0.05) is 13.7 Å². The molecule has 0 spiro atoms. The van der Waals surface area contributed by atoms with Crippen LogP contribution < -0.4 is 11.1 Å². The van der Waals surface area contributed by atoms with Crippen LogP contribution in [0.2, 0.25) is 0 Å². The van der Waals surface area contributed by atoms with E-state index in [1.54, 1.807) is 25.7 Å². The summed E-state index contributed by atoms with van der Waals surface area (Å²) < 4.78 is 10.7. The number of hydrazone groups is 1. The highest BCUT2D eigenvalue weighted by Crippen LogP contribution is 2.19. The lowest BCUT2D eigenvalue weighted by Crippen LogP contribution is -2.58. The Hall–Kier alpha value is -1.94. The molecule has 1 saturated heterocycles. The first kappa shape index (κ1) is 19.1. The van der Waals surface area contributed by atoms with Gasteiger partial charge in [0.1, 0.15) is 11.8 Å². The first-order valence-corrected chi connectivity index (χ1v) is 7.36. The molecule has 23 heavy (non-hydrogen) atoms. The quantitative estimate of drug-likeness (QED) is 0.324. The van der Waals surface area contributed by atoms with Crippen molar-refractivity contribution in [2.75, 3.05) is 20.2 Å². The number of nitrogens with two attached hydrogens (primary N) is 1. The maximum Gasteiger partial charge on any atom is 0.408 e. The van der Waals surface area contributed by atoms with E-state index in [-0.39, 0.29) is 18.4 Å². The van der Waals surface area contributed by atoms with Crippen LogP contribution in [0.15, 0.2) is 5.10 Å². The lowest BCUT2D eigenvalue weighted by molar-refractivity contribution is -0.485. The Morgan fingerprint density at radius 1 is 1.52 bits per heavy atom. The van der Waals surface area contributed by atoms with Gasteiger partial charge < -0.3 is 20.5 Å². The van der Waals surface area contributed by atoms with E-state index in [9.17, 15) is 14.9 Å². The van der Waals surface area contributed by atoms with Crippen LogP contribution >= 0.6 is 0 Å². The van der Waals surface area contributed by atoms with Crippen LogP contribution in [0.3, 0.4) is 0 Å². The summed E-state index contributed by atoms with van der Waals surface area (Å²) in [5.74, 6) is -0.116. The van der Waals surface area contributed by atoms with Gasteiger partial charge in [0.2, 0.25) is 0 Å². The first-order chi connectivity index (χ1) is 10.6. The fraction of sp³-hybridized carbons (Fsp3) is 0.846. The summed E-state index contributed by atoms with van der Waals surface area (Å²) in [5, 5.41) is 15.4. The Morgan fingerprint density at radius 2 is 2.17 bits per heavy atom. The normalized spacial score (nSPS) is 23.4. The number of alkyl carbamates (subject to hydrolysis) is 1. The van der Waals surface area contributed by atoms with E-state index < -0.39 is 23.0 Å². The molecule has 1 amide bonds. The number of nitrogens with zero attached hydrogens (tertiary/aromatic N) is 3. The van der Waals surface area contributed by atoms with Crippen molar-refractivity contribution in [1.82, 2.24) is 10.2 Å². The van der Waals surface area contributed by atoms with Crippen molar-refractivity contribution < 1.29 is 19.3 Å². The number of piperidine rings is 1. The molecule has 0 saturated carbocycles. The molecule has 132 valence electrons. The molecule has 3 N–H and O–H groups in total. The standard InChI is InChI=1S/C13H25N5O5/c1-13(2,3)23-12(19)15-9-6-5-7-17(11(9)22-4)8-10(14)16-18(20)21/h9,11H,5-8H2,1-4H3,(H2,14,16)(H,15,19). The Morgan fingerprint density at radius 3 is 2.70 bits per heavy atom. The molecule has 0 aromatic rings. The van der Waals surface area contributed by atoms with Crippen molar-refractivity contribution in [2.24, 2.45) is 10.8 Å². The summed E-state index contributed by atoms with van der Waals surface area (Å²) >= 11 is 0. The van der Waals surface area contributed by atoms with E-state index in [0.717, 1.165) is 6.42 Å². The topological polar surface area (TPSA) is 132 Å². The van der Waals surface area contributed by atoms with Gasteiger partial charge in [0.15, 0.2) is 10.9 Å². The number of amides is 1. The van der Waals surface area contributed by atoms with E-state index in [1.807, 2.05) is 0 Å². The number of hydrogen-bond donors (Lipinski definition) is 2. The molecule has 1 fully saturated rings. The molecule has 0 aromatic carbocycles. The van der Waals surface area contributed by atoms with E-state index >= 15 is 0 Å². The number of methoxy groups -OCH3 is 1. The molecule has 2 unspecified atom stereocenters. The number of amidine groups is 1. The van der Waals surface area contributed by atoms with Gasteiger partial charge in [-0.15, -0.1) is 0 Å². The molecule has 1 rings (SSSR count). The summed E-state index contributed by atoms with van der Waals surface area (Å²) in [6.07, 6.45) is 0.502. The van der Waals surface area contributed by atoms with Gasteiger partial charge in [-0.05, 0) is 33.6 Å². The molecular weight excluding hydrogens is 306 g/mol. The summed E-state index contributed by atoms with van der Waals surface area (Å²) in [5.41, 5.74) is 4.96. The zero-order chi connectivity index (χ0) is 17.6. The lowest BCUT2D eigenvalue weighted by atomic mass is 10.0. The van der Waals surface area contributed by atoms with E-state index in [0.29, 0.717) is 13.0 Å². The predicted octanol–water partition coefficient (Wildman–Crippen LogP) is 0.497. The molecule has 2 atom stereocenters. The third-order valence-electron chi connectivity index (χ3n) is 3.18. The maximum absolute atomic E-state index is 11.9. The van der Waals surface area contributed by atoms with Crippen LogP contribution in [0.25, 0.3) is 0 Å². The molecule has 0 aromatic heterocycles. The number of carbonyl (C=O) groups is 1. The summed E-state index contributed by atoms with van der Waals surface area (Å²) in [6, 6.07) is -0.299. The molecule has 1 heterocycles. The Balaban J connectivity index is 2.70. The fourth-order valence-electron chi connectivity index (χ4n) is 2.47. The van der Waals surface area contributed by atoms with Gasteiger partial charge >= 0.3 is 6.09 Å². The van der Waals surface area contributed by atoms with Gasteiger partial charge in [-0.2, -0.15) is 0 Å². The largest absolute Gasteiger partial charge is 0.444 e. The Bertz CT molecular complexity index is 462. The molecule has 10 heteroatoms. The Labute approximate surface area is 135 Å². The van der Waals surface area contributed by atoms with Crippen LogP contribution in [-0.4, -0.2) is 59.9 Å². The number of hydrogen-bond acceptors (Lipinski definition) is 6. The molecule has 0 bridgehead atoms. The fourth-order valence-corrected chi connectivity index (χ4v) is 2.47. The first-order valence-electron chi connectivity index (χ1n) is 7.36. The second-order valence-corrected chi connectivity index (χ2v) is 6.32.